The van der Waals surface area contributed by atoms with Gasteiger partial charge >= 0.3 is 0 Å². The average Bonchev–Trinajstić information content (AvgIpc) is 2.63. The lowest BCUT2D eigenvalue weighted by Gasteiger charge is -2.18. The summed E-state index contributed by atoms with van der Waals surface area (Å²) in [5, 5.41) is 3.43. The Labute approximate surface area is 96.7 Å². The first kappa shape index (κ1) is 11.3. The Balaban J connectivity index is 2.11. The molecule has 88 valence electrons. The van der Waals surface area contributed by atoms with Crippen LogP contribution in [0.3, 0.4) is 0 Å². The summed E-state index contributed by atoms with van der Waals surface area (Å²) in [6.07, 6.45) is 4.41. The molecule has 1 aromatic heterocycles. The van der Waals surface area contributed by atoms with Crippen molar-refractivity contribution in [3.05, 3.63) is 17.6 Å². The molecule has 0 amide bonds. The average molecular weight is 220 g/mol. The fraction of sp³-hybridized carbons (Fsp3) is 0.667. The van der Waals surface area contributed by atoms with Crippen LogP contribution >= 0.6 is 0 Å². The van der Waals surface area contributed by atoms with Gasteiger partial charge in [-0.3, -0.25) is 0 Å². The monoisotopic (exact) mass is 220 g/mol. The van der Waals surface area contributed by atoms with Crippen LogP contribution in [0.5, 0.6) is 0 Å². The van der Waals surface area contributed by atoms with E-state index in [0.717, 1.165) is 36.6 Å². The Hall–Kier alpha value is -1.16. The van der Waals surface area contributed by atoms with Crippen LogP contribution in [0.1, 0.15) is 37.7 Å². The Morgan fingerprint density at radius 1 is 1.44 bits per heavy atom. The van der Waals surface area contributed by atoms with E-state index < -0.39 is 0 Å². The number of anilines is 1. The molecular weight excluding hydrogens is 200 g/mol. The zero-order valence-electron chi connectivity index (χ0n) is 10.0. The van der Waals surface area contributed by atoms with Crippen molar-refractivity contribution in [3.63, 3.8) is 0 Å². The number of nitrogens with two attached hydrogens (primary N) is 1. The molecule has 2 rings (SSSR count). The molecule has 1 aliphatic carbocycles. The minimum absolute atomic E-state index is 0.264. The second kappa shape index (κ2) is 4.78. The fourth-order valence-corrected chi connectivity index (χ4v) is 2.24. The molecule has 0 spiro atoms. The van der Waals surface area contributed by atoms with Crippen LogP contribution in [0.4, 0.5) is 5.82 Å². The summed E-state index contributed by atoms with van der Waals surface area (Å²) >= 11 is 0. The Kier molecular flexibility index (Phi) is 3.39. The number of rotatable bonds is 3. The van der Waals surface area contributed by atoms with Crippen molar-refractivity contribution in [1.82, 2.24) is 9.97 Å². The third-order valence-electron chi connectivity index (χ3n) is 3.16. The lowest BCUT2D eigenvalue weighted by Crippen LogP contribution is -2.35. The second-order valence-electron chi connectivity index (χ2n) is 4.49. The zero-order chi connectivity index (χ0) is 11.5. The Morgan fingerprint density at radius 3 is 2.88 bits per heavy atom. The van der Waals surface area contributed by atoms with Crippen molar-refractivity contribution in [2.45, 2.75) is 51.6 Å². The van der Waals surface area contributed by atoms with Gasteiger partial charge in [0.25, 0.3) is 0 Å². The highest BCUT2D eigenvalue weighted by Crippen LogP contribution is 2.21. The second-order valence-corrected chi connectivity index (χ2v) is 4.49. The highest BCUT2D eigenvalue weighted by Gasteiger charge is 2.23. The van der Waals surface area contributed by atoms with Crippen LogP contribution in [0, 0.1) is 6.92 Å². The maximum Gasteiger partial charge on any atom is 0.130 e. The molecule has 0 aliphatic heterocycles. The molecule has 0 bridgehead atoms. The molecule has 0 radical (unpaired) electrons. The van der Waals surface area contributed by atoms with E-state index in [-0.39, 0.29) is 6.04 Å². The molecule has 1 saturated carbocycles. The SMILES string of the molecule is CCc1cc(NC2CCCC2N)nc(C)n1. The molecule has 0 aromatic carbocycles. The van der Waals surface area contributed by atoms with Gasteiger partial charge in [0.1, 0.15) is 11.6 Å². The third-order valence-corrected chi connectivity index (χ3v) is 3.16. The van der Waals surface area contributed by atoms with Gasteiger partial charge in [-0.2, -0.15) is 0 Å². The maximum absolute atomic E-state index is 6.03. The van der Waals surface area contributed by atoms with Gasteiger partial charge < -0.3 is 11.1 Å². The molecule has 4 heteroatoms. The summed E-state index contributed by atoms with van der Waals surface area (Å²) in [6, 6.07) is 2.66. The molecule has 1 fully saturated rings. The van der Waals surface area contributed by atoms with E-state index in [9.17, 15) is 0 Å². The topological polar surface area (TPSA) is 63.8 Å². The van der Waals surface area contributed by atoms with Gasteiger partial charge in [0, 0.05) is 23.8 Å². The molecule has 2 unspecified atom stereocenters. The number of aromatic nitrogens is 2. The molecule has 4 nitrogen and oxygen atoms in total. The molecule has 2 atom stereocenters. The first-order valence-electron chi connectivity index (χ1n) is 6.05. The van der Waals surface area contributed by atoms with Gasteiger partial charge in [0.15, 0.2) is 0 Å². The van der Waals surface area contributed by atoms with Crippen LogP contribution in [-0.4, -0.2) is 22.1 Å². The van der Waals surface area contributed by atoms with E-state index in [1.807, 2.05) is 13.0 Å². The normalized spacial score (nSPS) is 24.7. The molecular formula is C12H20N4. The molecule has 1 aliphatic rings. The van der Waals surface area contributed by atoms with E-state index in [4.69, 9.17) is 5.73 Å². The van der Waals surface area contributed by atoms with Crippen molar-refractivity contribution >= 4 is 5.82 Å². The lowest BCUT2D eigenvalue weighted by molar-refractivity contribution is 0.634. The predicted molar refractivity (Wildman–Crippen MR) is 65.4 cm³/mol. The van der Waals surface area contributed by atoms with Crippen LogP contribution < -0.4 is 11.1 Å². The maximum atomic E-state index is 6.03. The van der Waals surface area contributed by atoms with E-state index in [1.54, 1.807) is 0 Å². The number of aryl methyl sites for hydroxylation is 2. The van der Waals surface area contributed by atoms with E-state index in [1.165, 1.54) is 6.42 Å². The van der Waals surface area contributed by atoms with Gasteiger partial charge in [-0.25, -0.2) is 9.97 Å². The molecule has 0 saturated heterocycles. The summed E-state index contributed by atoms with van der Waals surface area (Å²) in [7, 11) is 0. The van der Waals surface area contributed by atoms with Crippen LogP contribution in [0.2, 0.25) is 0 Å². The minimum Gasteiger partial charge on any atom is -0.366 e. The van der Waals surface area contributed by atoms with E-state index >= 15 is 0 Å². The van der Waals surface area contributed by atoms with E-state index in [2.05, 4.69) is 22.2 Å². The smallest absolute Gasteiger partial charge is 0.130 e. The van der Waals surface area contributed by atoms with Crippen molar-refractivity contribution < 1.29 is 0 Å². The number of nitrogens with one attached hydrogen (secondary N) is 1. The van der Waals surface area contributed by atoms with Crippen molar-refractivity contribution in [1.29, 1.82) is 0 Å². The first-order valence-corrected chi connectivity index (χ1v) is 6.05. The lowest BCUT2D eigenvalue weighted by atomic mass is 10.2. The molecule has 1 heterocycles. The quantitative estimate of drug-likeness (QED) is 0.812. The summed E-state index contributed by atoms with van der Waals surface area (Å²) in [5.74, 6) is 1.75. The number of nitrogens with zero attached hydrogens (tertiary/aromatic N) is 2. The molecule has 3 N–H and O–H groups in total. The highest BCUT2D eigenvalue weighted by atomic mass is 15.1. The van der Waals surface area contributed by atoms with Crippen molar-refractivity contribution in [2.24, 2.45) is 5.73 Å². The van der Waals surface area contributed by atoms with Crippen LogP contribution in [0.25, 0.3) is 0 Å². The van der Waals surface area contributed by atoms with Gasteiger partial charge in [0.2, 0.25) is 0 Å². The van der Waals surface area contributed by atoms with Gasteiger partial charge in [-0.15, -0.1) is 0 Å². The summed E-state index contributed by atoms with van der Waals surface area (Å²) < 4.78 is 0. The van der Waals surface area contributed by atoms with Gasteiger partial charge in [0.05, 0.1) is 0 Å². The van der Waals surface area contributed by atoms with Crippen LogP contribution in [-0.2, 0) is 6.42 Å². The zero-order valence-corrected chi connectivity index (χ0v) is 10.0. The number of hydrogen-bond donors (Lipinski definition) is 2. The standard InChI is InChI=1S/C12H20N4/c1-3-9-7-12(15-8(2)14-9)16-11-6-4-5-10(11)13/h7,10-11H,3-6,13H2,1-2H3,(H,14,15,16). The molecule has 16 heavy (non-hydrogen) atoms. The minimum atomic E-state index is 0.264. The third kappa shape index (κ3) is 2.50. The van der Waals surface area contributed by atoms with Crippen molar-refractivity contribution in [2.75, 3.05) is 5.32 Å². The first-order chi connectivity index (χ1) is 7.69. The summed E-state index contributed by atoms with van der Waals surface area (Å²) in [6.45, 7) is 4.03. The van der Waals surface area contributed by atoms with E-state index in [0.29, 0.717) is 6.04 Å². The fourth-order valence-electron chi connectivity index (χ4n) is 2.24. The number of hydrogen-bond acceptors (Lipinski definition) is 4. The molecule has 1 aromatic rings. The largest absolute Gasteiger partial charge is 0.366 e. The Morgan fingerprint density at radius 2 is 2.25 bits per heavy atom. The summed E-state index contributed by atoms with van der Waals surface area (Å²) in [4.78, 5) is 8.77. The highest BCUT2D eigenvalue weighted by molar-refractivity contribution is 5.38. The van der Waals surface area contributed by atoms with Crippen LogP contribution in [0.15, 0.2) is 6.07 Å². The Bertz CT molecular complexity index is 364. The predicted octanol–water partition coefficient (Wildman–Crippen LogP) is 1.64. The van der Waals surface area contributed by atoms with Gasteiger partial charge in [-0.1, -0.05) is 6.92 Å². The summed E-state index contributed by atoms with van der Waals surface area (Å²) in [5.41, 5.74) is 7.11. The van der Waals surface area contributed by atoms with Gasteiger partial charge in [-0.05, 0) is 32.6 Å². The van der Waals surface area contributed by atoms with Crippen molar-refractivity contribution in [3.8, 4) is 0 Å².